The van der Waals surface area contributed by atoms with E-state index in [-0.39, 0.29) is 18.9 Å². The number of aliphatic hydroxyl groups excluding tert-OH is 3. The lowest BCUT2D eigenvalue weighted by atomic mass is 10.0. The molecule has 3 atom stereocenters. The highest BCUT2D eigenvalue weighted by Gasteiger charge is 2.20. The normalized spacial score (nSPS) is 14.2. The molecule has 0 saturated heterocycles. The average molecular weight is 512 g/mol. The highest BCUT2D eigenvalue weighted by Crippen LogP contribution is 2.13. The molecule has 214 valence electrons. The van der Waals surface area contributed by atoms with Gasteiger partial charge in [-0.25, -0.2) is 0 Å². The predicted octanol–water partition coefficient (Wildman–Crippen LogP) is 7.36. The Hall–Kier alpha value is -0.910. The van der Waals surface area contributed by atoms with Gasteiger partial charge in [0.05, 0.1) is 31.3 Å². The van der Waals surface area contributed by atoms with Crippen LogP contribution < -0.4 is 5.32 Å². The number of carbonyl (C=O) groups excluding carboxylic acids is 1. The van der Waals surface area contributed by atoms with E-state index in [1.807, 2.05) is 6.08 Å². The molecule has 5 heteroatoms. The molecule has 3 unspecified atom stereocenters. The summed E-state index contributed by atoms with van der Waals surface area (Å²) in [6.07, 6.45) is 27.6. The van der Waals surface area contributed by atoms with Crippen LogP contribution in [0.2, 0.25) is 0 Å². The van der Waals surface area contributed by atoms with Gasteiger partial charge in [0.15, 0.2) is 0 Å². The summed E-state index contributed by atoms with van der Waals surface area (Å²) in [5, 5.41) is 32.7. The Balaban J connectivity index is 3.81. The highest BCUT2D eigenvalue weighted by atomic mass is 16.3. The second kappa shape index (κ2) is 27.1. The van der Waals surface area contributed by atoms with Crippen LogP contribution in [-0.4, -0.2) is 46.1 Å². The van der Waals surface area contributed by atoms with Gasteiger partial charge in [0.25, 0.3) is 0 Å². The molecule has 0 saturated carbocycles. The lowest BCUT2D eigenvalue weighted by molar-refractivity contribution is -0.124. The van der Waals surface area contributed by atoms with Gasteiger partial charge in [-0.3, -0.25) is 4.79 Å². The molecule has 0 rings (SSSR count). The first-order valence-corrected chi connectivity index (χ1v) is 15.5. The number of allylic oxidation sites excluding steroid dienone is 1. The molecule has 0 bridgehead atoms. The fourth-order valence-electron chi connectivity index (χ4n) is 4.63. The van der Waals surface area contributed by atoms with Gasteiger partial charge in [0, 0.05) is 0 Å². The SMILES string of the molecule is CCCCCCCCCCCCC/C=C/C(O)C(CO)NC(=O)CC(O)CCCCCCCCCC. The predicted molar refractivity (Wildman–Crippen MR) is 153 cm³/mol. The highest BCUT2D eigenvalue weighted by molar-refractivity contribution is 5.76. The first-order chi connectivity index (χ1) is 17.5. The maximum Gasteiger partial charge on any atom is 0.222 e. The molecule has 36 heavy (non-hydrogen) atoms. The Labute approximate surface area is 223 Å². The number of nitrogens with one attached hydrogen (secondary N) is 1. The molecular weight excluding hydrogens is 450 g/mol. The van der Waals surface area contributed by atoms with Crippen LogP contribution in [0.4, 0.5) is 0 Å². The Morgan fingerprint density at radius 2 is 1.14 bits per heavy atom. The van der Waals surface area contributed by atoms with Crippen LogP contribution in [0.15, 0.2) is 12.2 Å². The van der Waals surface area contributed by atoms with E-state index in [1.165, 1.54) is 103 Å². The third-order valence-corrected chi connectivity index (χ3v) is 7.07. The van der Waals surface area contributed by atoms with Crippen LogP contribution in [0.1, 0.15) is 155 Å². The van der Waals surface area contributed by atoms with Gasteiger partial charge in [-0.15, -0.1) is 0 Å². The molecule has 0 aliphatic carbocycles. The summed E-state index contributed by atoms with van der Waals surface area (Å²) in [4.78, 5) is 12.2. The van der Waals surface area contributed by atoms with E-state index in [0.29, 0.717) is 6.42 Å². The van der Waals surface area contributed by atoms with E-state index >= 15 is 0 Å². The molecule has 0 aliphatic heterocycles. The lowest BCUT2D eigenvalue weighted by Crippen LogP contribution is -2.45. The van der Waals surface area contributed by atoms with Crippen LogP contribution in [0, 0.1) is 0 Å². The molecule has 0 fully saturated rings. The number of aliphatic hydroxyl groups is 3. The summed E-state index contributed by atoms with van der Waals surface area (Å²) in [6.45, 7) is 4.15. The molecule has 0 aromatic rings. The van der Waals surface area contributed by atoms with Gasteiger partial charge in [-0.05, 0) is 19.3 Å². The first kappa shape index (κ1) is 35.1. The van der Waals surface area contributed by atoms with Gasteiger partial charge in [-0.2, -0.15) is 0 Å². The summed E-state index contributed by atoms with van der Waals surface area (Å²) in [7, 11) is 0. The van der Waals surface area contributed by atoms with E-state index in [4.69, 9.17) is 0 Å². The molecular formula is C31H61NO4. The molecule has 0 spiro atoms. The summed E-state index contributed by atoms with van der Waals surface area (Å²) in [5.41, 5.74) is 0. The van der Waals surface area contributed by atoms with Crippen molar-refractivity contribution in [2.45, 2.75) is 173 Å². The number of unbranched alkanes of at least 4 members (excludes halogenated alkanes) is 18. The van der Waals surface area contributed by atoms with E-state index in [2.05, 4.69) is 19.2 Å². The number of carbonyl (C=O) groups is 1. The van der Waals surface area contributed by atoms with Crippen LogP contribution >= 0.6 is 0 Å². The minimum Gasteiger partial charge on any atom is -0.394 e. The molecule has 0 aliphatic rings. The molecule has 0 aromatic carbocycles. The van der Waals surface area contributed by atoms with Crippen LogP contribution in [0.3, 0.4) is 0 Å². The van der Waals surface area contributed by atoms with E-state index in [9.17, 15) is 20.1 Å². The van der Waals surface area contributed by atoms with Crippen molar-refractivity contribution in [2.75, 3.05) is 6.61 Å². The van der Waals surface area contributed by atoms with Crippen molar-refractivity contribution in [3.63, 3.8) is 0 Å². The van der Waals surface area contributed by atoms with Crippen molar-refractivity contribution in [3.8, 4) is 0 Å². The third kappa shape index (κ3) is 23.5. The molecule has 0 aromatic heterocycles. The van der Waals surface area contributed by atoms with Crippen molar-refractivity contribution in [3.05, 3.63) is 12.2 Å². The molecule has 4 N–H and O–H groups in total. The van der Waals surface area contributed by atoms with E-state index in [0.717, 1.165) is 25.7 Å². The standard InChI is InChI=1S/C31H61NO4/c1-3-5-7-9-11-13-14-15-16-17-19-21-23-25-30(35)29(27-33)32-31(36)26-28(34)24-22-20-18-12-10-8-6-4-2/h23,25,28-30,33-35H,3-22,24,26-27H2,1-2H3,(H,32,36)/b25-23+. The molecule has 1 amide bonds. The van der Waals surface area contributed by atoms with E-state index < -0.39 is 18.2 Å². The molecule has 0 radical (unpaired) electrons. The van der Waals surface area contributed by atoms with Crippen molar-refractivity contribution in [1.82, 2.24) is 5.32 Å². The third-order valence-electron chi connectivity index (χ3n) is 7.07. The fraction of sp³-hybridized carbons (Fsp3) is 0.903. The lowest BCUT2D eigenvalue weighted by Gasteiger charge is -2.21. The van der Waals surface area contributed by atoms with Crippen molar-refractivity contribution >= 4 is 5.91 Å². The monoisotopic (exact) mass is 511 g/mol. The van der Waals surface area contributed by atoms with Crippen LogP contribution in [0.25, 0.3) is 0 Å². The van der Waals surface area contributed by atoms with Gasteiger partial charge >= 0.3 is 0 Å². The quantitative estimate of drug-likeness (QED) is 0.0685. The largest absolute Gasteiger partial charge is 0.394 e. The van der Waals surface area contributed by atoms with Crippen LogP contribution in [0.5, 0.6) is 0 Å². The minimum atomic E-state index is -0.920. The maximum absolute atomic E-state index is 12.2. The summed E-state index contributed by atoms with van der Waals surface area (Å²) < 4.78 is 0. The molecule has 0 heterocycles. The number of hydrogen-bond donors (Lipinski definition) is 4. The fourth-order valence-corrected chi connectivity index (χ4v) is 4.63. The number of hydrogen-bond acceptors (Lipinski definition) is 4. The average Bonchev–Trinajstić information content (AvgIpc) is 2.86. The Kier molecular flexibility index (Phi) is 26.4. The number of rotatable bonds is 27. The van der Waals surface area contributed by atoms with Gasteiger partial charge in [0.2, 0.25) is 5.91 Å². The van der Waals surface area contributed by atoms with Crippen molar-refractivity contribution in [2.24, 2.45) is 0 Å². The second-order valence-electron chi connectivity index (χ2n) is 10.7. The second-order valence-corrected chi connectivity index (χ2v) is 10.7. The smallest absolute Gasteiger partial charge is 0.222 e. The zero-order chi connectivity index (χ0) is 26.7. The Morgan fingerprint density at radius 1 is 0.694 bits per heavy atom. The van der Waals surface area contributed by atoms with Crippen LogP contribution in [-0.2, 0) is 4.79 Å². The molecule has 5 nitrogen and oxygen atoms in total. The first-order valence-electron chi connectivity index (χ1n) is 15.5. The van der Waals surface area contributed by atoms with Gasteiger partial charge in [0.1, 0.15) is 0 Å². The maximum atomic E-state index is 12.2. The minimum absolute atomic E-state index is 0.0160. The van der Waals surface area contributed by atoms with E-state index in [1.54, 1.807) is 6.08 Å². The van der Waals surface area contributed by atoms with Crippen molar-refractivity contribution in [1.29, 1.82) is 0 Å². The topological polar surface area (TPSA) is 89.8 Å². The van der Waals surface area contributed by atoms with Gasteiger partial charge < -0.3 is 20.6 Å². The zero-order valence-corrected chi connectivity index (χ0v) is 23.9. The summed E-state index contributed by atoms with van der Waals surface area (Å²) in [6, 6.07) is -0.735. The summed E-state index contributed by atoms with van der Waals surface area (Å²) >= 11 is 0. The number of amides is 1. The summed E-state index contributed by atoms with van der Waals surface area (Å²) in [5.74, 6) is -0.320. The van der Waals surface area contributed by atoms with Gasteiger partial charge in [-0.1, -0.05) is 142 Å². The Bertz CT molecular complexity index is 497. The zero-order valence-electron chi connectivity index (χ0n) is 23.9. The Morgan fingerprint density at radius 3 is 1.61 bits per heavy atom. The van der Waals surface area contributed by atoms with Crippen molar-refractivity contribution < 1.29 is 20.1 Å².